The molecule has 0 bridgehead atoms. The Morgan fingerprint density at radius 3 is 2.27 bits per heavy atom. The van der Waals surface area contributed by atoms with Gasteiger partial charge in [-0.1, -0.05) is 36.4 Å². The van der Waals surface area contributed by atoms with Gasteiger partial charge in [0, 0.05) is 6.42 Å². The van der Waals surface area contributed by atoms with Gasteiger partial charge in [0.15, 0.2) is 29.5 Å². The maximum absolute atomic E-state index is 15.7. The molecule has 2 aliphatic rings. The minimum Gasteiger partial charge on any atom is -0.479 e. The van der Waals surface area contributed by atoms with Crippen LogP contribution in [0.2, 0.25) is 5.28 Å². The number of hydrogen-bond acceptors (Lipinski definition) is 9. The highest BCUT2D eigenvalue weighted by Crippen LogP contribution is 2.58. The summed E-state index contributed by atoms with van der Waals surface area (Å²) >= 11 is 5.86. The van der Waals surface area contributed by atoms with E-state index in [-0.39, 0.29) is 27.8 Å². The third kappa shape index (κ3) is 4.18. The number of benzene rings is 2. The maximum Gasteiger partial charge on any atom is 0.348 e. The van der Waals surface area contributed by atoms with Crippen molar-refractivity contribution in [3.63, 3.8) is 0 Å². The van der Waals surface area contributed by atoms with Crippen LogP contribution < -0.4 is 5.73 Å². The molecule has 1 aliphatic carbocycles. The first-order chi connectivity index (χ1) is 19.5. The summed E-state index contributed by atoms with van der Waals surface area (Å²) in [6, 6.07) is 11.9. The van der Waals surface area contributed by atoms with Crippen LogP contribution in [0.3, 0.4) is 0 Å². The molecule has 12 nitrogen and oxygen atoms in total. The van der Waals surface area contributed by atoms with Crippen molar-refractivity contribution in [3.8, 4) is 11.1 Å². The van der Waals surface area contributed by atoms with Crippen molar-refractivity contribution in [1.82, 2.24) is 19.5 Å². The Balaban J connectivity index is 1.23. The second-order valence-corrected chi connectivity index (χ2v) is 10.1. The molecule has 0 amide bonds. The monoisotopic (exact) mass is 587 g/mol. The Labute approximate surface area is 233 Å². The molecule has 4 aromatic rings. The standard InChI is InChI=1S/C26H20ClF2N5O7/c27-24-32-19(30)15-20(33-24)34(10-31-15)21-16(29)26(39)17(40-21)18(26)41-25(22(35)36,23(37)38)9-11-1-3-12(4-2-11)13-5-7-14(28)8-6-13/h1-8,10,16-18,21,39H,9H2,(H,35,36)(H,37,38)(H2,30,32,33)/t16-,17-,18?,21-,26+/m1/s1. The zero-order valence-corrected chi connectivity index (χ0v) is 21.4. The number of aliphatic carboxylic acids is 2. The summed E-state index contributed by atoms with van der Waals surface area (Å²) in [6.07, 6.45) is -6.15. The van der Waals surface area contributed by atoms with Crippen LogP contribution in [0.5, 0.6) is 0 Å². The van der Waals surface area contributed by atoms with E-state index in [0.717, 1.165) is 4.57 Å². The van der Waals surface area contributed by atoms with Gasteiger partial charge in [0.2, 0.25) is 5.28 Å². The van der Waals surface area contributed by atoms with Gasteiger partial charge in [-0.2, -0.15) is 9.97 Å². The fourth-order valence-electron chi connectivity index (χ4n) is 5.08. The summed E-state index contributed by atoms with van der Waals surface area (Å²) in [5.41, 5.74) is 2.34. The van der Waals surface area contributed by atoms with Crippen molar-refractivity contribution in [3.05, 3.63) is 71.5 Å². The minimum atomic E-state index is -2.88. The van der Waals surface area contributed by atoms with Crippen molar-refractivity contribution in [1.29, 1.82) is 0 Å². The summed E-state index contributed by atoms with van der Waals surface area (Å²) in [4.78, 5) is 36.4. The number of nitrogen functional groups attached to an aromatic ring is 1. The van der Waals surface area contributed by atoms with Crippen LogP contribution in [0.25, 0.3) is 22.3 Å². The lowest BCUT2D eigenvalue weighted by atomic mass is 9.92. The Morgan fingerprint density at radius 2 is 1.71 bits per heavy atom. The molecule has 2 fully saturated rings. The summed E-state index contributed by atoms with van der Waals surface area (Å²) in [7, 11) is 0. The summed E-state index contributed by atoms with van der Waals surface area (Å²) in [6.45, 7) is 0. The first-order valence-corrected chi connectivity index (χ1v) is 12.5. The number of fused-ring (bicyclic) bond motifs is 2. The molecule has 3 heterocycles. The topological polar surface area (TPSA) is 183 Å². The van der Waals surface area contributed by atoms with Gasteiger partial charge in [0.05, 0.1) is 6.33 Å². The fraction of sp³-hybridized carbons (Fsp3) is 0.269. The maximum atomic E-state index is 15.7. The Bertz CT molecular complexity index is 1670. The number of aromatic nitrogens is 4. The molecule has 5 atom stereocenters. The van der Waals surface area contributed by atoms with Crippen molar-refractivity contribution in [2.24, 2.45) is 0 Å². The molecule has 6 rings (SSSR count). The summed E-state index contributed by atoms with van der Waals surface area (Å²) < 4.78 is 41.2. The van der Waals surface area contributed by atoms with Gasteiger partial charge in [-0.15, -0.1) is 0 Å². The van der Waals surface area contributed by atoms with E-state index in [1.165, 1.54) is 30.6 Å². The second kappa shape index (κ2) is 9.41. The highest BCUT2D eigenvalue weighted by molar-refractivity contribution is 6.28. The number of carbonyl (C=O) groups is 2. The van der Waals surface area contributed by atoms with Crippen LogP contribution in [0.1, 0.15) is 11.8 Å². The quantitative estimate of drug-likeness (QED) is 0.175. The van der Waals surface area contributed by atoms with Gasteiger partial charge in [0.25, 0.3) is 5.60 Å². The molecule has 1 unspecified atom stereocenters. The average Bonchev–Trinajstić information content (AvgIpc) is 3.17. The smallest absolute Gasteiger partial charge is 0.348 e. The molecule has 1 saturated carbocycles. The van der Waals surface area contributed by atoms with Crippen LogP contribution in [-0.2, 0) is 25.5 Å². The lowest BCUT2D eigenvalue weighted by Gasteiger charge is -2.29. The number of carboxylic acids is 2. The van der Waals surface area contributed by atoms with Crippen LogP contribution in [0, 0.1) is 5.82 Å². The van der Waals surface area contributed by atoms with Crippen LogP contribution in [0.4, 0.5) is 14.6 Å². The highest BCUT2D eigenvalue weighted by atomic mass is 35.5. The number of alkyl halides is 1. The van der Waals surface area contributed by atoms with Crippen LogP contribution >= 0.6 is 11.6 Å². The number of imidazole rings is 1. The van der Waals surface area contributed by atoms with Crippen LogP contribution in [0.15, 0.2) is 54.9 Å². The number of hydrogen-bond donors (Lipinski definition) is 4. The van der Waals surface area contributed by atoms with E-state index >= 15 is 4.39 Å². The molecule has 2 aromatic carbocycles. The lowest BCUT2D eigenvalue weighted by Crippen LogP contribution is -2.53. The van der Waals surface area contributed by atoms with E-state index in [0.29, 0.717) is 11.1 Å². The van der Waals surface area contributed by atoms with E-state index in [9.17, 15) is 29.3 Å². The molecule has 41 heavy (non-hydrogen) atoms. The van der Waals surface area contributed by atoms with Gasteiger partial charge < -0.3 is 30.5 Å². The largest absolute Gasteiger partial charge is 0.479 e. The highest BCUT2D eigenvalue weighted by Gasteiger charge is 2.80. The molecule has 15 heteroatoms. The predicted octanol–water partition coefficient (Wildman–Crippen LogP) is 2.38. The number of halogens is 3. The number of ether oxygens (including phenoxy) is 2. The molecule has 1 saturated heterocycles. The Kier molecular flexibility index (Phi) is 6.19. The van der Waals surface area contributed by atoms with Gasteiger partial charge in [-0.25, -0.2) is 23.4 Å². The molecular weight excluding hydrogens is 568 g/mol. The van der Waals surface area contributed by atoms with Gasteiger partial charge in [-0.3, -0.25) is 4.57 Å². The van der Waals surface area contributed by atoms with Crippen LogP contribution in [-0.4, -0.2) is 76.4 Å². The molecule has 2 aromatic heterocycles. The summed E-state index contributed by atoms with van der Waals surface area (Å²) in [5, 5.41) is 30.8. The van der Waals surface area contributed by atoms with E-state index < -0.39 is 60.0 Å². The number of rotatable bonds is 8. The predicted molar refractivity (Wildman–Crippen MR) is 137 cm³/mol. The number of carboxylic acid groups (broad SMARTS) is 2. The van der Waals surface area contributed by atoms with Crippen molar-refractivity contribution < 1.29 is 43.2 Å². The first-order valence-electron chi connectivity index (χ1n) is 12.1. The summed E-state index contributed by atoms with van der Waals surface area (Å²) in [5.74, 6) is -4.17. The van der Waals surface area contributed by atoms with Crippen molar-refractivity contribution in [2.45, 2.75) is 42.2 Å². The third-order valence-corrected chi connectivity index (χ3v) is 7.52. The zero-order chi connectivity index (χ0) is 29.3. The molecule has 5 N–H and O–H groups in total. The Morgan fingerprint density at radius 1 is 1.10 bits per heavy atom. The first kappa shape index (κ1) is 27.0. The molecular formula is C26H20ClF2N5O7. The molecule has 0 radical (unpaired) electrons. The Hall–Kier alpha value is -4.24. The van der Waals surface area contributed by atoms with Crippen molar-refractivity contribution >= 4 is 40.5 Å². The van der Waals surface area contributed by atoms with Gasteiger partial charge in [-0.05, 0) is 40.4 Å². The number of nitrogens with zero attached hydrogens (tertiary/aromatic N) is 4. The lowest BCUT2D eigenvalue weighted by molar-refractivity contribution is -0.194. The molecule has 0 spiro atoms. The van der Waals surface area contributed by atoms with E-state index in [1.807, 2.05) is 0 Å². The molecule has 212 valence electrons. The average molecular weight is 588 g/mol. The fourth-order valence-corrected chi connectivity index (χ4v) is 5.25. The zero-order valence-electron chi connectivity index (χ0n) is 20.7. The number of anilines is 1. The minimum absolute atomic E-state index is 0.0343. The van der Waals surface area contributed by atoms with E-state index in [4.69, 9.17) is 26.8 Å². The third-order valence-electron chi connectivity index (χ3n) is 7.35. The molecule has 1 aliphatic heterocycles. The number of aliphatic hydroxyl groups is 1. The van der Waals surface area contributed by atoms with E-state index in [1.54, 1.807) is 24.3 Å². The van der Waals surface area contributed by atoms with Gasteiger partial charge in [0.1, 0.15) is 23.5 Å². The van der Waals surface area contributed by atoms with Gasteiger partial charge >= 0.3 is 11.9 Å². The normalized spacial score (nSPS) is 25.3. The van der Waals surface area contributed by atoms with E-state index in [2.05, 4.69) is 15.0 Å². The SMILES string of the molecule is Nc1nc(Cl)nc2c1ncn2[C@@H]1O[C@@H]2C(OC(Cc3ccc(-c4ccc(F)cc4)cc3)(C(=O)O)C(=O)O)[C@]2(O)[C@@H]1F. The number of nitrogens with two attached hydrogens (primary N) is 1. The second-order valence-electron chi connectivity index (χ2n) is 9.79. The van der Waals surface area contributed by atoms with Crippen molar-refractivity contribution in [2.75, 3.05) is 5.73 Å².